The van der Waals surface area contributed by atoms with Crippen LogP contribution in [0.4, 0.5) is 10.5 Å². The average molecular weight is 362 g/mol. The first-order chi connectivity index (χ1) is 10.6. The molecule has 1 atom stereocenters. The van der Waals surface area contributed by atoms with Crippen molar-refractivity contribution in [3.05, 3.63) is 38.7 Å². The number of azide groups is 1. The summed E-state index contributed by atoms with van der Waals surface area (Å²) in [6, 6.07) is 7.87. The predicted octanol–water partition coefficient (Wildman–Crippen LogP) is 3.64. The zero-order valence-electron chi connectivity index (χ0n) is 11.6. The van der Waals surface area contributed by atoms with Crippen molar-refractivity contribution in [2.24, 2.45) is 5.11 Å². The minimum absolute atomic E-state index is 0.121. The molecule has 0 aromatic heterocycles. The number of benzene rings is 1. The third kappa shape index (κ3) is 2.49. The number of nitriles is 1. The Balaban J connectivity index is 1.81. The van der Waals surface area contributed by atoms with Crippen LogP contribution in [0.15, 0.2) is 27.8 Å². The summed E-state index contributed by atoms with van der Waals surface area (Å²) in [7, 11) is 0. The Morgan fingerprint density at radius 2 is 2.36 bits per heavy atom. The Kier molecular flexibility index (Phi) is 3.69. The van der Waals surface area contributed by atoms with E-state index in [1.807, 2.05) is 18.2 Å². The molecule has 1 saturated carbocycles. The third-order valence-electron chi connectivity index (χ3n) is 3.97. The molecular weight excluding hydrogens is 350 g/mol. The van der Waals surface area contributed by atoms with Crippen LogP contribution < -0.4 is 4.90 Å². The number of hydrogen-bond acceptors (Lipinski definition) is 4. The highest BCUT2D eigenvalue weighted by Crippen LogP contribution is 2.50. The van der Waals surface area contributed by atoms with Crippen molar-refractivity contribution in [3.63, 3.8) is 0 Å². The molecule has 3 rings (SSSR count). The van der Waals surface area contributed by atoms with E-state index in [1.54, 1.807) is 0 Å². The van der Waals surface area contributed by atoms with E-state index in [9.17, 15) is 10.1 Å². The lowest BCUT2D eigenvalue weighted by atomic mass is 9.97. The number of halogens is 1. The fourth-order valence-corrected chi connectivity index (χ4v) is 3.33. The summed E-state index contributed by atoms with van der Waals surface area (Å²) in [5.41, 5.74) is 9.59. The zero-order valence-corrected chi connectivity index (χ0v) is 13.2. The number of carbonyl (C=O) groups excluding carboxylic acids is 1. The molecule has 2 fully saturated rings. The first-order valence-corrected chi connectivity index (χ1v) is 7.59. The molecule has 112 valence electrons. The Bertz CT molecular complexity index is 718. The van der Waals surface area contributed by atoms with Crippen molar-refractivity contribution in [1.82, 2.24) is 0 Å². The molecule has 1 aromatic rings. The Morgan fingerprint density at radius 1 is 1.59 bits per heavy atom. The van der Waals surface area contributed by atoms with Gasteiger partial charge in [-0.3, -0.25) is 4.90 Å². The van der Waals surface area contributed by atoms with Gasteiger partial charge >= 0.3 is 6.09 Å². The van der Waals surface area contributed by atoms with E-state index in [0.717, 1.165) is 22.9 Å². The van der Waals surface area contributed by atoms with Crippen LogP contribution in [0.5, 0.6) is 0 Å². The van der Waals surface area contributed by atoms with Crippen LogP contribution in [-0.4, -0.2) is 25.3 Å². The van der Waals surface area contributed by atoms with Gasteiger partial charge in [0.2, 0.25) is 0 Å². The Labute approximate surface area is 135 Å². The highest BCUT2D eigenvalue weighted by molar-refractivity contribution is 9.10. The fraction of sp³-hybridized carbons (Fsp3) is 0.429. The maximum absolute atomic E-state index is 11.9. The SMILES string of the molecule is N#CC1(c2ccc(N3CC(CN=[N+]=[N-])OC3=O)cc2Br)CC1. The van der Waals surface area contributed by atoms with Crippen LogP contribution in [-0.2, 0) is 10.2 Å². The lowest BCUT2D eigenvalue weighted by Crippen LogP contribution is -2.25. The van der Waals surface area contributed by atoms with Crippen molar-refractivity contribution < 1.29 is 9.53 Å². The third-order valence-corrected chi connectivity index (χ3v) is 4.62. The Hall–Kier alpha value is -2.23. The number of ether oxygens (including phenoxy) is 1. The molecule has 1 aromatic carbocycles. The van der Waals surface area contributed by atoms with Crippen molar-refractivity contribution in [2.75, 3.05) is 18.0 Å². The quantitative estimate of drug-likeness (QED) is 0.464. The summed E-state index contributed by atoms with van der Waals surface area (Å²) in [4.78, 5) is 16.1. The van der Waals surface area contributed by atoms with Gasteiger partial charge in [-0.1, -0.05) is 27.1 Å². The number of carbonyl (C=O) groups is 1. The minimum Gasteiger partial charge on any atom is -0.444 e. The summed E-state index contributed by atoms with van der Waals surface area (Å²) < 4.78 is 5.97. The first-order valence-electron chi connectivity index (χ1n) is 6.80. The van der Waals surface area contributed by atoms with Crippen molar-refractivity contribution >= 4 is 27.7 Å². The number of amides is 1. The molecule has 1 amide bonds. The second kappa shape index (κ2) is 5.52. The molecule has 22 heavy (non-hydrogen) atoms. The Morgan fingerprint density at radius 3 is 2.95 bits per heavy atom. The van der Waals surface area contributed by atoms with E-state index in [1.165, 1.54) is 4.90 Å². The summed E-state index contributed by atoms with van der Waals surface area (Å²) in [6.07, 6.45) is 0.832. The number of anilines is 1. The maximum Gasteiger partial charge on any atom is 0.414 e. The van der Waals surface area contributed by atoms with Crippen LogP contribution in [0, 0.1) is 11.3 Å². The number of nitrogens with zero attached hydrogens (tertiary/aromatic N) is 5. The van der Waals surface area contributed by atoms with Crippen LogP contribution in [0.25, 0.3) is 10.4 Å². The summed E-state index contributed by atoms with van der Waals surface area (Å²) in [5.74, 6) is 0. The van der Waals surface area contributed by atoms with E-state index >= 15 is 0 Å². The van der Waals surface area contributed by atoms with Crippen LogP contribution >= 0.6 is 15.9 Å². The average Bonchev–Trinajstić information content (AvgIpc) is 3.22. The van der Waals surface area contributed by atoms with Crippen molar-refractivity contribution in [2.45, 2.75) is 24.4 Å². The molecule has 0 radical (unpaired) electrons. The standard InChI is InChI=1S/C14H12BrN5O2/c15-12-5-9(1-2-11(12)14(8-16)3-4-14)20-7-10(6-18-19-17)22-13(20)21/h1-2,5,10H,3-4,6-7H2. The molecule has 1 heterocycles. The largest absolute Gasteiger partial charge is 0.444 e. The monoisotopic (exact) mass is 361 g/mol. The summed E-state index contributed by atoms with van der Waals surface area (Å²) in [6.45, 7) is 0.461. The second-order valence-electron chi connectivity index (χ2n) is 5.39. The van der Waals surface area contributed by atoms with Crippen molar-refractivity contribution in [3.8, 4) is 6.07 Å². The minimum atomic E-state index is -0.459. The van der Waals surface area contributed by atoms with Gasteiger partial charge in [0, 0.05) is 15.1 Å². The van der Waals surface area contributed by atoms with Gasteiger partial charge < -0.3 is 4.74 Å². The van der Waals surface area contributed by atoms with Crippen LogP contribution in [0.3, 0.4) is 0 Å². The molecule has 7 nitrogen and oxygen atoms in total. The maximum atomic E-state index is 11.9. The van der Waals surface area contributed by atoms with Gasteiger partial charge in [-0.05, 0) is 36.1 Å². The van der Waals surface area contributed by atoms with Gasteiger partial charge in [-0.2, -0.15) is 5.26 Å². The molecule has 0 spiro atoms. The lowest BCUT2D eigenvalue weighted by Gasteiger charge is -2.16. The van der Waals surface area contributed by atoms with Crippen LogP contribution in [0.1, 0.15) is 18.4 Å². The summed E-state index contributed by atoms with van der Waals surface area (Å²) >= 11 is 3.49. The predicted molar refractivity (Wildman–Crippen MR) is 82.3 cm³/mol. The second-order valence-corrected chi connectivity index (χ2v) is 6.24. The van der Waals surface area contributed by atoms with Crippen molar-refractivity contribution in [1.29, 1.82) is 5.26 Å². The number of rotatable bonds is 4. The lowest BCUT2D eigenvalue weighted by molar-refractivity contribution is 0.145. The molecule has 1 unspecified atom stereocenters. The topological polar surface area (TPSA) is 102 Å². The van der Waals surface area contributed by atoms with Gasteiger partial charge in [-0.15, -0.1) is 0 Å². The fourth-order valence-electron chi connectivity index (χ4n) is 2.58. The smallest absolute Gasteiger partial charge is 0.414 e. The molecular formula is C14H12BrN5O2. The van der Waals surface area contributed by atoms with E-state index < -0.39 is 12.2 Å². The normalized spacial score (nSPS) is 21.7. The van der Waals surface area contributed by atoms with Crippen LogP contribution in [0.2, 0.25) is 0 Å². The molecule has 8 heteroatoms. The van der Waals surface area contributed by atoms with E-state index in [0.29, 0.717) is 12.2 Å². The van der Waals surface area contributed by atoms with Gasteiger partial charge in [-0.25, -0.2) is 4.79 Å². The molecule has 0 N–H and O–H groups in total. The summed E-state index contributed by atoms with van der Waals surface area (Å²) in [5, 5.41) is 12.7. The van der Waals surface area contributed by atoms with E-state index in [4.69, 9.17) is 10.3 Å². The van der Waals surface area contributed by atoms with Gasteiger partial charge in [0.1, 0.15) is 6.10 Å². The molecule has 2 aliphatic rings. The highest BCUT2D eigenvalue weighted by Gasteiger charge is 2.46. The molecule has 1 saturated heterocycles. The molecule has 1 aliphatic heterocycles. The van der Waals surface area contributed by atoms with Gasteiger partial charge in [0.05, 0.1) is 24.6 Å². The number of hydrogen-bond donors (Lipinski definition) is 0. The zero-order chi connectivity index (χ0) is 15.7. The molecule has 1 aliphatic carbocycles. The molecule has 0 bridgehead atoms. The van der Waals surface area contributed by atoms with Gasteiger partial charge in [0.25, 0.3) is 0 Å². The van der Waals surface area contributed by atoms with E-state index in [-0.39, 0.29) is 12.0 Å². The highest BCUT2D eigenvalue weighted by atomic mass is 79.9. The first kappa shape index (κ1) is 14.7. The van der Waals surface area contributed by atoms with Gasteiger partial charge in [0.15, 0.2) is 0 Å². The van der Waals surface area contributed by atoms with E-state index in [2.05, 4.69) is 32.0 Å². The number of cyclic esters (lactones) is 1.